The highest BCUT2D eigenvalue weighted by Gasteiger charge is 2.56. The second-order valence-corrected chi connectivity index (χ2v) is 25.7. The molecule has 3 aromatic carbocycles. The minimum absolute atomic E-state index is 0.00298. The minimum atomic E-state index is -1.68. The second-order valence-electron chi connectivity index (χ2n) is 25.7. The van der Waals surface area contributed by atoms with Gasteiger partial charge in [-0.25, -0.2) is 4.79 Å². The van der Waals surface area contributed by atoms with E-state index in [-0.39, 0.29) is 38.0 Å². The van der Waals surface area contributed by atoms with Crippen LogP contribution in [0.4, 0.5) is 0 Å². The first-order valence-corrected chi connectivity index (χ1v) is 27.1. The van der Waals surface area contributed by atoms with Gasteiger partial charge < -0.3 is 43.2 Å². The topological polar surface area (TPSA) is 223 Å². The number of amides is 1. The summed E-state index contributed by atoms with van der Waals surface area (Å²) < 4.78 is 50.5. The third-order valence-electron chi connectivity index (χ3n) is 12.3. The van der Waals surface area contributed by atoms with Crippen LogP contribution in [0.3, 0.4) is 0 Å². The molecule has 0 aliphatic carbocycles. The SMILES string of the molecule is CC(C)(C)C(=O)OCCn1nc(O[C@@H]2O[C@H](COC(=O)C(C)(C)C)[C@@H](OC(=O)C(C)(C)C)[C@H](OC(=O)C(C)(C)C)[C@H]2OC(=O)C(C)(C)C)c2c(C#Cc3ccc(/C=C/CC(=O)NC(C)(C)C(=O)OCc4ccccc4)cc3)cccc21. The largest absolute Gasteiger partial charge is 0.463 e. The highest BCUT2D eigenvalue weighted by atomic mass is 16.7. The lowest BCUT2D eigenvalue weighted by molar-refractivity contribution is -0.294. The molecule has 5 rings (SSSR count). The van der Waals surface area contributed by atoms with Gasteiger partial charge in [0, 0.05) is 17.5 Å². The Kier molecular flexibility index (Phi) is 20.6. The number of esters is 6. The van der Waals surface area contributed by atoms with Crippen molar-refractivity contribution in [2.45, 2.75) is 174 Å². The van der Waals surface area contributed by atoms with E-state index >= 15 is 0 Å². The first kappa shape index (κ1) is 64.3. The maximum absolute atomic E-state index is 14.0. The molecule has 0 radical (unpaired) electrons. The molecule has 2 heterocycles. The number of hydrogen-bond donors (Lipinski definition) is 1. The zero-order valence-electron chi connectivity index (χ0n) is 50.0. The fourth-order valence-electron chi connectivity index (χ4n) is 7.36. The van der Waals surface area contributed by atoms with Crippen molar-refractivity contribution in [3.8, 4) is 17.7 Å². The molecule has 18 nitrogen and oxygen atoms in total. The summed E-state index contributed by atoms with van der Waals surface area (Å²) in [5.41, 5.74) is -3.14. The van der Waals surface area contributed by atoms with E-state index in [1.807, 2.05) is 54.6 Å². The number of carbonyl (C=O) groups excluding carboxylic acids is 7. The predicted octanol–water partition coefficient (Wildman–Crippen LogP) is 9.63. The maximum atomic E-state index is 14.0. The molecule has 18 heteroatoms. The van der Waals surface area contributed by atoms with Crippen LogP contribution in [0, 0.1) is 38.9 Å². The van der Waals surface area contributed by atoms with E-state index in [4.69, 9.17) is 43.0 Å². The van der Waals surface area contributed by atoms with E-state index in [9.17, 15) is 33.6 Å². The summed E-state index contributed by atoms with van der Waals surface area (Å²) in [6.07, 6.45) is -4.33. The lowest BCUT2D eigenvalue weighted by atomic mass is 9.93. The summed E-state index contributed by atoms with van der Waals surface area (Å²) >= 11 is 0. The Labute approximate surface area is 476 Å². The molecule has 0 bridgehead atoms. The Bertz CT molecular complexity index is 3000. The number of nitrogens with one attached hydrogen (secondary N) is 1. The molecule has 1 aromatic heterocycles. The molecule has 81 heavy (non-hydrogen) atoms. The molecular weight excluding hydrogens is 1040 g/mol. The monoisotopic (exact) mass is 1120 g/mol. The highest BCUT2D eigenvalue weighted by Crippen LogP contribution is 2.37. The van der Waals surface area contributed by atoms with Crippen molar-refractivity contribution in [3.05, 3.63) is 101 Å². The Morgan fingerprint density at radius 1 is 0.593 bits per heavy atom. The van der Waals surface area contributed by atoms with Gasteiger partial charge in [-0.05, 0) is 153 Å². The molecule has 1 aliphatic rings. The van der Waals surface area contributed by atoms with Gasteiger partial charge in [-0.1, -0.05) is 72.5 Å². The predicted molar refractivity (Wildman–Crippen MR) is 302 cm³/mol. The molecular formula is C63H81N3O15. The standard InChI is InChI=1S/C63H81N3O15/c1-58(2,3)52(68)74-36-35-66-43-27-22-26-42(34-33-40-31-29-39(30-32-40)25-21-28-45(67)64-63(16,17)57(73)75-37-41-23-19-18-20-24-41)46(43)50(65-66)81-51-49(80-56(72)62(13,14)15)48(79-55(71)61(10,11)12)47(78-54(70)60(7,8)9)44(77-51)38-76-53(69)59(4,5)6/h18-27,29-32,44,47-49,51H,28,35-38H2,1-17H3,(H,64,67)/b25-21+/t44-,47-,48+,49-,51+/m1/s1. The van der Waals surface area contributed by atoms with Crippen LogP contribution in [-0.2, 0) is 79.9 Å². The molecule has 438 valence electrons. The third kappa shape index (κ3) is 18.2. The van der Waals surface area contributed by atoms with Gasteiger partial charge in [0.2, 0.25) is 24.2 Å². The number of benzene rings is 3. The molecule has 1 saturated heterocycles. The first-order valence-electron chi connectivity index (χ1n) is 27.1. The Balaban J connectivity index is 1.54. The summed E-state index contributed by atoms with van der Waals surface area (Å²) in [6, 6.07) is 21.8. The number of ether oxygens (including phenoxy) is 8. The molecule has 0 saturated carbocycles. The van der Waals surface area contributed by atoms with Gasteiger partial charge >= 0.3 is 35.8 Å². The summed E-state index contributed by atoms with van der Waals surface area (Å²) in [5.74, 6) is 2.20. The molecule has 1 amide bonds. The van der Waals surface area contributed by atoms with E-state index in [1.165, 1.54) is 0 Å². The summed E-state index contributed by atoms with van der Waals surface area (Å²) in [5, 5.41) is 7.97. The van der Waals surface area contributed by atoms with Crippen molar-refractivity contribution in [2.24, 2.45) is 27.1 Å². The number of nitrogens with zero attached hydrogens (tertiary/aromatic N) is 2. The molecule has 5 atom stereocenters. The van der Waals surface area contributed by atoms with Gasteiger partial charge in [-0.15, -0.1) is 5.10 Å². The average Bonchev–Trinajstić information content (AvgIpc) is 3.90. The number of hydrogen-bond acceptors (Lipinski definition) is 16. The van der Waals surface area contributed by atoms with Crippen LogP contribution < -0.4 is 10.1 Å². The van der Waals surface area contributed by atoms with Crippen LogP contribution in [0.5, 0.6) is 5.88 Å². The van der Waals surface area contributed by atoms with Gasteiger partial charge in [0.05, 0.1) is 44.5 Å². The molecule has 0 spiro atoms. The van der Waals surface area contributed by atoms with E-state index in [1.54, 1.807) is 153 Å². The van der Waals surface area contributed by atoms with Crippen LogP contribution >= 0.6 is 0 Å². The van der Waals surface area contributed by atoms with Crippen LogP contribution in [0.15, 0.2) is 78.9 Å². The van der Waals surface area contributed by atoms with E-state index in [0.717, 1.165) is 11.1 Å². The van der Waals surface area contributed by atoms with E-state index in [2.05, 4.69) is 17.2 Å². The maximum Gasteiger partial charge on any atom is 0.331 e. The van der Waals surface area contributed by atoms with E-state index in [0.29, 0.717) is 22.0 Å². The normalized spacial score (nSPS) is 18.0. The Hall–Kier alpha value is -7.52. The summed E-state index contributed by atoms with van der Waals surface area (Å²) in [7, 11) is 0. The van der Waals surface area contributed by atoms with Crippen molar-refractivity contribution < 1.29 is 71.5 Å². The Morgan fingerprint density at radius 3 is 1.70 bits per heavy atom. The van der Waals surface area contributed by atoms with Crippen LogP contribution in [0.25, 0.3) is 17.0 Å². The van der Waals surface area contributed by atoms with Gasteiger partial charge in [-0.3, -0.25) is 33.4 Å². The average molecular weight is 1120 g/mol. The quantitative estimate of drug-likeness (QED) is 0.0590. The minimum Gasteiger partial charge on any atom is -0.463 e. The molecule has 1 aliphatic heterocycles. The lowest BCUT2D eigenvalue weighted by Crippen LogP contribution is -2.65. The van der Waals surface area contributed by atoms with Crippen LogP contribution in [0.2, 0.25) is 0 Å². The highest BCUT2D eigenvalue weighted by molar-refractivity contribution is 5.91. The van der Waals surface area contributed by atoms with Crippen LogP contribution in [0.1, 0.15) is 146 Å². The van der Waals surface area contributed by atoms with Crippen molar-refractivity contribution in [1.82, 2.24) is 15.1 Å². The van der Waals surface area contributed by atoms with Crippen molar-refractivity contribution >= 4 is 58.7 Å². The van der Waals surface area contributed by atoms with Crippen molar-refractivity contribution in [3.63, 3.8) is 0 Å². The van der Waals surface area contributed by atoms with Gasteiger partial charge in [0.15, 0.2) is 12.2 Å². The zero-order chi connectivity index (χ0) is 60.5. The second kappa shape index (κ2) is 25.9. The molecule has 1 fully saturated rings. The van der Waals surface area contributed by atoms with Crippen molar-refractivity contribution in [2.75, 3.05) is 13.2 Å². The first-order chi connectivity index (χ1) is 37.4. The summed E-state index contributed by atoms with van der Waals surface area (Å²) in [6.45, 7) is 27.6. The third-order valence-corrected chi connectivity index (χ3v) is 12.3. The number of fused-ring (bicyclic) bond motifs is 1. The van der Waals surface area contributed by atoms with Crippen LogP contribution in [-0.4, -0.2) is 101 Å². The summed E-state index contributed by atoms with van der Waals surface area (Å²) in [4.78, 5) is 93.8. The molecule has 0 unspecified atom stereocenters. The smallest absolute Gasteiger partial charge is 0.331 e. The number of rotatable bonds is 17. The lowest BCUT2D eigenvalue weighted by Gasteiger charge is -2.45. The fourth-order valence-corrected chi connectivity index (χ4v) is 7.36. The number of carbonyl (C=O) groups is 7. The van der Waals surface area contributed by atoms with Gasteiger partial charge in [0.1, 0.15) is 31.5 Å². The van der Waals surface area contributed by atoms with Gasteiger partial charge in [-0.2, -0.15) is 0 Å². The van der Waals surface area contributed by atoms with Crippen molar-refractivity contribution in [1.29, 1.82) is 0 Å². The molecule has 4 aromatic rings. The molecule has 1 N–H and O–H groups in total. The van der Waals surface area contributed by atoms with E-state index < -0.39 is 106 Å². The Morgan fingerprint density at radius 2 is 1.14 bits per heavy atom. The zero-order valence-corrected chi connectivity index (χ0v) is 50.0. The fraction of sp³-hybridized carbons (Fsp3) is 0.524. The van der Waals surface area contributed by atoms with Gasteiger partial charge in [0.25, 0.3) is 0 Å². The number of aromatic nitrogens is 2.